The van der Waals surface area contributed by atoms with E-state index < -0.39 is 0 Å². The summed E-state index contributed by atoms with van der Waals surface area (Å²) < 4.78 is 0. The fourth-order valence-corrected chi connectivity index (χ4v) is 2.06. The number of rotatable bonds is 4. The van der Waals surface area contributed by atoms with Crippen molar-refractivity contribution in [1.29, 1.82) is 0 Å². The van der Waals surface area contributed by atoms with Gasteiger partial charge >= 0.3 is 0 Å². The molecule has 0 fully saturated rings. The van der Waals surface area contributed by atoms with E-state index in [1.807, 2.05) is 13.8 Å². The van der Waals surface area contributed by atoms with Gasteiger partial charge in [-0.25, -0.2) is 9.97 Å². The van der Waals surface area contributed by atoms with Gasteiger partial charge in [0.25, 0.3) is 0 Å². The third-order valence-electron chi connectivity index (χ3n) is 3.63. The zero-order valence-corrected chi connectivity index (χ0v) is 13.0. The second-order valence-corrected chi connectivity index (χ2v) is 5.32. The van der Waals surface area contributed by atoms with Crippen molar-refractivity contribution in [2.45, 2.75) is 41.0 Å². The Morgan fingerprint density at radius 1 is 0.950 bits per heavy atom. The lowest BCUT2D eigenvalue weighted by molar-refractivity contribution is 0.953. The first kappa shape index (κ1) is 14.5. The minimum absolute atomic E-state index is 0.887. The van der Waals surface area contributed by atoms with Gasteiger partial charge in [0.1, 0.15) is 5.69 Å². The van der Waals surface area contributed by atoms with E-state index in [-0.39, 0.29) is 0 Å². The highest BCUT2D eigenvalue weighted by Crippen LogP contribution is 2.27. The van der Waals surface area contributed by atoms with Crippen LogP contribution >= 0.6 is 0 Å². The van der Waals surface area contributed by atoms with Crippen molar-refractivity contribution < 1.29 is 0 Å². The van der Waals surface area contributed by atoms with Crippen LogP contribution in [0.15, 0.2) is 18.2 Å². The number of hydrogen-bond acceptors (Lipinski definition) is 3. The fourth-order valence-electron chi connectivity index (χ4n) is 2.06. The summed E-state index contributed by atoms with van der Waals surface area (Å²) in [6, 6.07) is 6.45. The summed E-state index contributed by atoms with van der Waals surface area (Å²) in [5, 5.41) is 3.39. The number of nitrogens with zero attached hydrogens (tertiary/aromatic N) is 2. The lowest BCUT2D eigenvalue weighted by Crippen LogP contribution is -2.07. The highest BCUT2D eigenvalue weighted by molar-refractivity contribution is 5.72. The van der Waals surface area contributed by atoms with Crippen LogP contribution in [0.25, 0.3) is 11.3 Å². The van der Waals surface area contributed by atoms with Gasteiger partial charge in [0.05, 0.1) is 11.4 Å². The minimum Gasteiger partial charge on any atom is -0.368 e. The van der Waals surface area contributed by atoms with Crippen molar-refractivity contribution in [3.8, 4) is 11.3 Å². The van der Waals surface area contributed by atoms with Crippen molar-refractivity contribution in [2.24, 2.45) is 0 Å². The Labute approximate surface area is 121 Å². The molecule has 106 valence electrons. The zero-order chi connectivity index (χ0) is 14.7. The molecule has 0 saturated carbocycles. The van der Waals surface area contributed by atoms with Crippen LogP contribution in [0.3, 0.4) is 0 Å². The molecule has 1 aromatic heterocycles. The van der Waals surface area contributed by atoms with Crippen molar-refractivity contribution in [3.05, 3.63) is 40.7 Å². The lowest BCUT2D eigenvalue weighted by atomic mass is 10.0. The molecule has 3 heteroatoms. The van der Waals surface area contributed by atoms with Crippen LogP contribution < -0.4 is 5.32 Å². The summed E-state index contributed by atoms with van der Waals surface area (Å²) in [5.74, 6) is 0.887. The number of hydrogen-bond donors (Lipinski definition) is 1. The van der Waals surface area contributed by atoms with Gasteiger partial charge in [-0.15, -0.1) is 0 Å². The third kappa shape index (κ3) is 2.98. The third-order valence-corrected chi connectivity index (χ3v) is 3.63. The Balaban J connectivity index is 2.52. The average molecular weight is 269 g/mol. The Morgan fingerprint density at radius 2 is 1.65 bits per heavy atom. The van der Waals surface area contributed by atoms with Gasteiger partial charge in [-0.3, -0.25) is 0 Å². The second-order valence-electron chi connectivity index (χ2n) is 5.32. The van der Waals surface area contributed by atoms with Gasteiger partial charge < -0.3 is 5.32 Å². The molecule has 1 aromatic carbocycles. The Kier molecular flexibility index (Phi) is 4.38. The minimum atomic E-state index is 0.887. The second kappa shape index (κ2) is 6.04. The summed E-state index contributed by atoms with van der Waals surface area (Å²) in [5.41, 5.74) is 6.63. The molecule has 0 radical (unpaired) electrons. The highest BCUT2D eigenvalue weighted by Gasteiger charge is 2.11. The molecule has 0 atom stereocenters. The van der Waals surface area contributed by atoms with E-state index in [9.17, 15) is 0 Å². The summed E-state index contributed by atoms with van der Waals surface area (Å²) in [4.78, 5) is 9.41. The molecule has 1 N–H and O–H groups in total. The van der Waals surface area contributed by atoms with Crippen molar-refractivity contribution in [1.82, 2.24) is 9.97 Å². The molecule has 0 amide bonds. The predicted molar refractivity (Wildman–Crippen MR) is 85.2 cm³/mol. The number of aryl methyl sites for hydroxylation is 4. The number of benzene rings is 1. The largest absolute Gasteiger partial charge is 0.368 e. The van der Waals surface area contributed by atoms with Gasteiger partial charge in [-0.2, -0.15) is 0 Å². The van der Waals surface area contributed by atoms with Crippen LogP contribution in [0.2, 0.25) is 0 Å². The van der Waals surface area contributed by atoms with Gasteiger partial charge in [0, 0.05) is 12.1 Å². The molecule has 0 aliphatic rings. The fraction of sp³-hybridized carbons (Fsp3) is 0.412. The average Bonchev–Trinajstić information content (AvgIpc) is 2.43. The topological polar surface area (TPSA) is 37.8 Å². The maximum atomic E-state index is 4.74. The van der Waals surface area contributed by atoms with Gasteiger partial charge in [0.2, 0.25) is 0 Å². The molecular weight excluding hydrogens is 246 g/mol. The van der Waals surface area contributed by atoms with Crippen LogP contribution in [0.1, 0.15) is 35.9 Å². The highest BCUT2D eigenvalue weighted by atomic mass is 15.0. The maximum Gasteiger partial charge on any atom is 0.152 e. The lowest BCUT2D eigenvalue weighted by Gasteiger charge is -2.13. The molecule has 2 aromatic rings. The predicted octanol–water partition coefficient (Wildman–Crippen LogP) is 4.20. The van der Waals surface area contributed by atoms with Crippen LogP contribution in [0.5, 0.6) is 0 Å². The first-order valence-electron chi connectivity index (χ1n) is 7.19. The van der Waals surface area contributed by atoms with Crippen LogP contribution in [0, 0.1) is 27.7 Å². The number of anilines is 1. The van der Waals surface area contributed by atoms with E-state index >= 15 is 0 Å². The Hall–Kier alpha value is -1.90. The smallest absolute Gasteiger partial charge is 0.152 e. The molecule has 2 rings (SSSR count). The molecule has 0 aliphatic carbocycles. The first-order valence-corrected chi connectivity index (χ1v) is 7.19. The summed E-state index contributed by atoms with van der Waals surface area (Å²) >= 11 is 0. The maximum absolute atomic E-state index is 4.74. The van der Waals surface area contributed by atoms with E-state index in [0.29, 0.717) is 0 Å². The molecule has 3 nitrogen and oxygen atoms in total. The number of aromatic nitrogens is 2. The molecule has 1 heterocycles. The van der Waals surface area contributed by atoms with Crippen LogP contribution in [-0.2, 0) is 0 Å². The van der Waals surface area contributed by atoms with E-state index in [4.69, 9.17) is 4.98 Å². The van der Waals surface area contributed by atoms with Gasteiger partial charge in [-0.1, -0.05) is 19.1 Å². The van der Waals surface area contributed by atoms with E-state index in [0.717, 1.165) is 41.4 Å². The van der Waals surface area contributed by atoms with Crippen LogP contribution in [0.4, 0.5) is 5.82 Å². The molecule has 0 unspecified atom stereocenters. The summed E-state index contributed by atoms with van der Waals surface area (Å²) in [6.45, 7) is 11.3. The van der Waals surface area contributed by atoms with Crippen molar-refractivity contribution >= 4 is 5.82 Å². The Bertz CT molecular complexity index is 618. The number of nitrogens with one attached hydrogen (secondary N) is 1. The van der Waals surface area contributed by atoms with Crippen molar-refractivity contribution in [3.63, 3.8) is 0 Å². The first-order chi connectivity index (χ1) is 9.52. The standard InChI is InChI=1S/C17H23N3/c1-6-9-18-17-16(19-13(4)14(5)20-17)15-8-7-11(2)12(3)10-15/h7-8,10H,6,9H2,1-5H3,(H,18,20). The van der Waals surface area contributed by atoms with Crippen LogP contribution in [-0.4, -0.2) is 16.5 Å². The monoisotopic (exact) mass is 269 g/mol. The quantitative estimate of drug-likeness (QED) is 0.904. The molecular formula is C17H23N3. The van der Waals surface area contributed by atoms with Crippen molar-refractivity contribution in [2.75, 3.05) is 11.9 Å². The zero-order valence-electron chi connectivity index (χ0n) is 13.0. The van der Waals surface area contributed by atoms with E-state index in [2.05, 4.69) is 49.3 Å². The van der Waals surface area contributed by atoms with Gasteiger partial charge in [-0.05, 0) is 51.3 Å². The molecule has 0 saturated heterocycles. The van der Waals surface area contributed by atoms with E-state index in [1.54, 1.807) is 0 Å². The summed E-state index contributed by atoms with van der Waals surface area (Å²) in [7, 11) is 0. The molecule has 20 heavy (non-hydrogen) atoms. The molecule has 0 bridgehead atoms. The molecule has 0 aliphatic heterocycles. The van der Waals surface area contributed by atoms with Gasteiger partial charge in [0.15, 0.2) is 5.82 Å². The molecule has 0 spiro atoms. The SMILES string of the molecule is CCCNc1nc(C)c(C)nc1-c1ccc(C)c(C)c1. The Morgan fingerprint density at radius 3 is 2.30 bits per heavy atom. The summed E-state index contributed by atoms with van der Waals surface area (Å²) in [6.07, 6.45) is 1.07. The normalized spacial score (nSPS) is 10.7. The van der Waals surface area contributed by atoms with E-state index in [1.165, 1.54) is 11.1 Å².